The number of hydrogen-bond donors (Lipinski definition) is 1. The Morgan fingerprint density at radius 2 is 2.17 bits per heavy atom. The van der Waals surface area contributed by atoms with Crippen molar-refractivity contribution in [3.8, 4) is 0 Å². The van der Waals surface area contributed by atoms with E-state index in [9.17, 15) is 0 Å². The van der Waals surface area contributed by atoms with E-state index in [0.29, 0.717) is 0 Å². The van der Waals surface area contributed by atoms with E-state index in [2.05, 4.69) is 30.3 Å². The number of hydrogen-bond acceptors (Lipinski definition) is 2. The minimum Gasteiger partial charge on any atom is -0.308 e. The lowest BCUT2D eigenvalue weighted by atomic mass is 9.99. The summed E-state index contributed by atoms with van der Waals surface area (Å²) in [6.07, 6.45) is 1.84. The van der Waals surface area contributed by atoms with Gasteiger partial charge in [0.15, 0.2) is 0 Å². The van der Waals surface area contributed by atoms with Crippen molar-refractivity contribution in [2.45, 2.75) is 26.4 Å². The van der Waals surface area contributed by atoms with E-state index >= 15 is 0 Å². The maximum Gasteiger partial charge on any atom is 0.0748 e. The Bertz CT molecular complexity index is 534. The van der Waals surface area contributed by atoms with E-state index in [-0.39, 0.29) is 6.04 Å². The van der Waals surface area contributed by atoms with Crippen molar-refractivity contribution < 1.29 is 0 Å². The Hall–Kier alpha value is -1.32. The van der Waals surface area contributed by atoms with Crippen LogP contribution in [0.2, 0.25) is 5.02 Å². The lowest BCUT2D eigenvalue weighted by molar-refractivity contribution is 0.562. The van der Waals surface area contributed by atoms with Crippen LogP contribution in [0.1, 0.15) is 29.8 Å². The molecular weight excluding hydrogens is 246 g/mol. The molecule has 1 heterocycles. The maximum atomic E-state index is 6.20. The van der Waals surface area contributed by atoms with E-state index < -0.39 is 0 Å². The molecule has 1 atom stereocenters. The third kappa shape index (κ3) is 2.28. The fraction of sp³-hybridized carbons (Fsp3) is 0.357. The summed E-state index contributed by atoms with van der Waals surface area (Å²) >= 11 is 6.20. The Balaban J connectivity index is 2.49. The van der Waals surface area contributed by atoms with Crippen LogP contribution < -0.4 is 5.32 Å². The minimum atomic E-state index is 0.117. The van der Waals surface area contributed by atoms with Crippen molar-refractivity contribution in [2.24, 2.45) is 0 Å². The summed E-state index contributed by atoms with van der Waals surface area (Å²) in [6, 6.07) is 8.18. The molecule has 0 aliphatic heterocycles. The average Bonchev–Trinajstić information content (AvgIpc) is 2.83. The van der Waals surface area contributed by atoms with Gasteiger partial charge in [-0.05, 0) is 44.2 Å². The second kappa shape index (κ2) is 5.55. The zero-order valence-corrected chi connectivity index (χ0v) is 11.7. The van der Waals surface area contributed by atoms with Crippen molar-refractivity contribution in [2.75, 3.05) is 7.05 Å². The van der Waals surface area contributed by atoms with Gasteiger partial charge in [0.05, 0.1) is 11.7 Å². The molecule has 0 saturated heterocycles. The maximum absolute atomic E-state index is 6.20. The Morgan fingerprint density at radius 1 is 1.39 bits per heavy atom. The fourth-order valence-electron chi connectivity index (χ4n) is 2.25. The average molecular weight is 264 g/mol. The van der Waals surface area contributed by atoms with Crippen LogP contribution in [0.5, 0.6) is 0 Å². The first-order valence-corrected chi connectivity index (χ1v) is 6.50. The molecule has 0 aliphatic rings. The van der Waals surface area contributed by atoms with Gasteiger partial charge in [0.25, 0.3) is 0 Å². The van der Waals surface area contributed by atoms with Gasteiger partial charge in [0.2, 0.25) is 0 Å². The van der Waals surface area contributed by atoms with Crippen LogP contribution >= 0.6 is 11.6 Å². The van der Waals surface area contributed by atoms with Crippen LogP contribution in [-0.2, 0) is 6.54 Å². The number of aromatic nitrogens is 2. The van der Waals surface area contributed by atoms with Crippen molar-refractivity contribution in [1.82, 2.24) is 15.1 Å². The SMILES string of the molecule is CCn1nccc1C(NC)c1cccc(Cl)c1C. The quantitative estimate of drug-likeness (QED) is 0.918. The highest BCUT2D eigenvalue weighted by Crippen LogP contribution is 2.28. The number of nitrogens with one attached hydrogen (secondary N) is 1. The molecule has 0 saturated carbocycles. The summed E-state index contributed by atoms with van der Waals surface area (Å²) in [5, 5.41) is 8.47. The third-order valence-electron chi connectivity index (χ3n) is 3.25. The van der Waals surface area contributed by atoms with Crippen molar-refractivity contribution in [3.05, 3.63) is 52.3 Å². The molecule has 0 aliphatic carbocycles. The van der Waals surface area contributed by atoms with Crippen LogP contribution in [0.15, 0.2) is 30.5 Å². The molecular formula is C14H18ClN3. The highest BCUT2D eigenvalue weighted by molar-refractivity contribution is 6.31. The second-order valence-electron chi connectivity index (χ2n) is 4.25. The van der Waals surface area contributed by atoms with Gasteiger partial charge < -0.3 is 5.32 Å². The molecule has 18 heavy (non-hydrogen) atoms. The summed E-state index contributed by atoms with van der Waals surface area (Å²) in [5.74, 6) is 0. The first-order chi connectivity index (χ1) is 8.69. The van der Waals surface area contributed by atoms with Crippen molar-refractivity contribution in [1.29, 1.82) is 0 Å². The number of aryl methyl sites for hydroxylation is 1. The fourth-order valence-corrected chi connectivity index (χ4v) is 2.43. The predicted octanol–water partition coefficient (Wildman–Crippen LogP) is 3.17. The van der Waals surface area contributed by atoms with Gasteiger partial charge in [0, 0.05) is 17.8 Å². The highest BCUT2D eigenvalue weighted by Gasteiger charge is 2.18. The molecule has 4 heteroatoms. The van der Waals surface area contributed by atoms with Crippen LogP contribution in [0.25, 0.3) is 0 Å². The summed E-state index contributed by atoms with van der Waals surface area (Å²) in [4.78, 5) is 0. The van der Waals surface area contributed by atoms with Crippen molar-refractivity contribution in [3.63, 3.8) is 0 Å². The molecule has 0 bridgehead atoms. The monoisotopic (exact) mass is 263 g/mol. The van der Waals surface area contributed by atoms with Gasteiger partial charge in [-0.15, -0.1) is 0 Å². The molecule has 2 rings (SSSR count). The zero-order chi connectivity index (χ0) is 13.1. The van der Waals surface area contributed by atoms with Gasteiger partial charge in [0.1, 0.15) is 0 Å². The highest BCUT2D eigenvalue weighted by atomic mass is 35.5. The minimum absolute atomic E-state index is 0.117. The van der Waals surface area contributed by atoms with E-state index in [1.54, 1.807) is 0 Å². The molecule has 1 N–H and O–H groups in total. The molecule has 0 radical (unpaired) electrons. The first-order valence-electron chi connectivity index (χ1n) is 6.13. The predicted molar refractivity (Wildman–Crippen MR) is 75.0 cm³/mol. The lowest BCUT2D eigenvalue weighted by Gasteiger charge is -2.20. The summed E-state index contributed by atoms with van der Waals surface area (Å²) < 4.78 is 2.00. The molecule has 3 nitrogen and oxygen atoms in total. The van der Waals surface area contributed by atoms with Crippen molar-refractivity contribution >= 4 is 11.6 Å². The molecule has 96 valence electrons. The number of halogens is 1. The molecule has 1 unspecified atom stereocenters. The van der Waals surface area contributed by atoms with Gasteiger partial charge in [-0.2, -0.15) is 5.10 Å². The second-order valence-corrected chi connectivity index (χ2v) is 4.65. The normalized spacial score (nSPS) is 12.7. The smallest absolute Gasteiger partial charge is 0.0748 e. The molecule has 1 aromatic heterocycles. The van der Waals surface area contributed by atoms with E-state index in [1.165, 1.54) is 5.56 Å². The lowest BCUT2D eigenvalue weighted by Crippen LogP contribution is -2.22. The van der Waals surface area contributed by atoms with Gasteiger partial charge in [-0.1, -0.05) is 23.7 Å². The molecule has 0 fully saturated rings. The largest absolute Gasteiger partial charge is 0.308 e. The van der Waals surface area contributed by atoms with Gasteiger partial charge in [-0.25, -0.2) is 0 Å². The molecule has 0 amide bonds. The Kier molecular flexibility index (Phi) is 4.04. The zero-order valence-electron chi connectivity index (χ0n) is 10.9. The first kappa shape index (κ1) is 13.1. The summed E-state index contributed by atoms with van der Waals surface area (Å²) in [5.41, 5.74) is 3.47. The van der Waals surface area contributed by atoms with Crippen LogP contribution in [0, 0.1) is 6.92 Å². The summed E-state index contributed by atoms with van der Waals surface area (Å²) in [7, 11) is 1.96. The molecule has 0 spiro atoms. The number of benzene rings is 1. The molecule has 1 aromatic carbocycles. The number of nitrogens with zero attached hydrogens (tertiary/aromatic N) is 2. The van der Waals surface area contributed by atoms with Crippen LogP contribution in [-0.4, -0.2) is 16.8 Å². The van der Waals surface area contributed by atoms with Crippen LogP contribution in [0.3, 0.4) is 0 Å². The third-order valence-corrected chi connectivity index (χ3v) is 3.66. The van der Waals surface area contributed by atoms with Crippen LogP contribution in [0.4, 0.5) is 0 Å². The Labute approximate surface area is 113 Å². The topological polar surface area (TPSA) is 29.9 Å². The standard InChI is InChI=1S/C14H18ClN3/c1-4-18-13(8-9-17-18)14(16-3)11-6-5-7-12(15)10(11)2/h5-9,14,16H,4H2,1-3H3. The molecule has 2 aromatic rings. The number of rotatable bonds is 4. The van der Waals surface area contributed by atoms with Gasteiger partial charge in [-0.3, -0.25) is 4.68 Å². The van der Waals surface area contributed by atoms with E-state index in [0.717, 1.165) is 22.8 Å². The van der Waals surface area contributed by atoms with Gasteiger partial charge >= 0.3 is 0 Å². The Morgan fingerprint density at radius 3 is 2.83 bits per heavy atom. The summed E-state index contributed by atoms with van der Waals surface area (Å²) in [6.45, 7) is 5.00. The van der Waals surface area contributed by atoms with E-state index in [1.807, 2.05) is 36.1 Å². The van der Waals surface area contributed by atoms with E-state index in [4.69, 9.17) is 11.6 Å².